The molecule has 7 nitrogen and oxygen atoms in total. The topological polar surface area (TPSA) is 112 Å². The molecule has 0 aliphatic rings. The van der Waals surface area contributed by atoms with E-state index in [2.05, 4.69) is 66.6 Å². The average Bonchev–Trinajstić information content (AvgIpc) is 3.18. The molecule has 310 valence electrons. The van der Waals surface area contributed by atoms with Crippen LogP contribution in [0.4, 0.5) is 13.2 Å². The molecule has 5 rings (SSSR count). The maximum atomic E-state index is 13.4. The van der Waals surface area contributed by atoms with Crippen molar-refractivity contribution >= 4 is 33.0 Å². The predicted molar refractivity (Wildman–Crippen MR) is 240 cm³/mol. The summed E-state index contributed by atoms with van der Waals surface area (Å²) >= 11 is 0. The Hall–Kier alpha value is -6.68. The summed E-state index contributed by atoms with van der Waals surface area (Å²) in [6.07, 6.45) is 6.65. The van der Waals surface area contributed by atoms with Crippen molar-refractivity contribution in [3.63, 3.8) is 0 Å². The molecule has 0 radical (unpaired) electrons. The molecule has 5 aromatic rings. The molecule has 0 aliphatic heterocycles. The second kappa shape index (κ2) is 23.7. The number of hydrogen-bond donors (Lipinski definition) is 2. The molecule has 1 heterocycles. The van der Waals surface area contributed by atoms with E-state index in [1.165, 1.54) is 18.2 Å². The Labute approximate surface area is 364 Å². The van der Waals surface area contributed by atoms with Crippen LogP contribution in [0.1, 0.15) is 33.3 Å². The number of alkyl halides is 3. The number of rotatable bonds is 11. The van der Waals surface area contributed by atoms with Crippen LogP contribution in [0.15, 0.2) is 191 Å². The number of hydrazone groups is 2. The van der Waals surface area contributed by atoms with E-state index in [-0.39, 0.29) is 31.7 Å². The van der Waals surface area contributed by atoms with Crippen LogP contribution in [0, 0.1) is 19.9 Å². The predicted octanol–water partition coefficient (Wildman–Crippen LogP) is 12.6. The first kappa shape index (κ1) is 49.5. The maximum Gasteiger partial charge on any atom is 3.00 e. The van der Waals surface area contributed by atoms with Crippen LogP contribution in [0.5, 0.6) is 11.6 Å². The number of halogens is 3. The second-order valence-corrected chi connectivity index (χ2v) is 13.1. The van der Waals surface area contributed by atoms with Crippen LogP contribution in [0.3, 0.4) is 0 Å². The molecular formula is C49H48F3IrN6O. The number of nitrogens with zero attached hydrogens (tertiary/aromatic N) is 4. The number of aromatic nitrogens is 2. The number of ether oxygens (including phenoxy) is 1. The normalized spacial score (nSPS) is 12.6. The van der Waals surface area contributed by atoms with Crippen molar-refractivity contribution in [1.82, 2.24) is 10.2 Å². The quantitative estimate of drug-likeness (QED) is 0.0342. The number of allylic oxidation sites excluding steroid dienone is 12. The minimum Gasteiger partial charge on any atom is -0.436 e. The molecule has 0 saturated carbocycles. The molecule has 0 unspecified atom stereocenters. The minimum absolute atomic E-state index is 0. The zero-order valence-corrected chi connectivity index (χ0v) is 36.5. The van der Waals surface area contributed by atoms with Gasteiger partial charge in [0, 0.05) is 11.1 Å². The van der Waals surface area contributed by atoms with Crippen LogP contribution in [0.2, 0.25) is 0 Å². The summed E-state index contributed by atoms with van der Waals surface area (Å²) in [5.74, 6) is 10.2. The van der Waals surface area contributed by atoms with Crippen molar-refractivity contribution in [1.29, 1.82) is 0 Å². The molecule has 60 heavy (non-hydrogen) atoms. The van der Waals surface area contributed by atoms with Gasteiger partial charge in [0.2, 0.25) is 5.88 Å². The molecule has 0 fully saturated rings. The van der Waals surface area contributed by atoms with Gasteiger partial charge in [-0.05, 0) is 73.5 Å². The van der Waals surface area contributed by atoms with Gasteiger partial charge in [-0.2, -0.15) is 56.4 Å². The first-order valence-electron chi connectivity index (χ1n) is 18.1. The Balaban J connectivity index is 0.000000360. The molecule has 0 saturated heterocycles. The van der Waals surface area contributed by atoms with E-state index < -0.39 is 11.7 Å². The zero-order chi connectivity index (χ0) is 43.7. The van der Waals surface area contributed by atoms with Gasteiger partial charge >= 0.3 is 26.3 Å². The third kappa shape index (κ3) is 14.0. The molecule has 4 N–H and O–H groups in total. The van der Waals surface area contributed by atoms with Crippen molar-refractivity contribution in [2.75, 3.05) is 0 Å². The number of para-hydroxylation sites is 1. The molecule has 0 atom stereocenters. The SMILES string of the molecule is C=C/C=C(C)/C=C(C)/C(=N\N)C(=C)[CH2-].C=C/C=C(C)/C=C(C)/C(=N\N)C(=C)[CH2-].FC(F)(F)c1ccccc1Oc1nnc(-c2[c-]cccc2)c2cc3ccccc3cc12.[Ir+3]. The molecule has 0 aliphatic carbocycles. The summed E-state index contributed by atoms with van der Waals surface area (Å²) in [5, 5.41) is 18.9. The standard InChI is InChI=1S/C25H14F3N2O.2C12H17N2.Ir/c26-25(27,28)21-12-6-7-13-22(21)31-24-20-15-18-11-5-4-10-17(18)14-19(20)23(29-30-24)16-8-2-1-3-9-16;2*1-6-7-10(4)8-11(5)12(14-13)9(2)3;/h1-8,10-15H;2*6-8H,1-3,13H2,4-5H3;/q3*-1;+3/b;2*10-7+,11-8+,14-12-;. The van der Waals surface area contributed by atoms with Gasteiger partial charge in [0.15, 0.2) is 0 Å². The Kier molecular flexibility index (Phi) is 19.5. The van der Waals surface area contributed by atoms with Crippen molar-refractivity contribution in [3.8, 4) is 22.9 Å². The molecule has 0 spiro atoms. The van der Waals surface area contributed by atoms with Crippen molar-refractivity contribution in [3.05, 3.63) is 207 Å². The summed E-state index contributed by atoms with van der Waals surface area (Å²) in [6.45, 7) is 29.8. The van der Waals surface area contributed by atoms with Crippen LogP contribution >= 0.6 is 0 Å². The Morgan fingerprint density at radius 2 is 1.22 bits per heavy atom. The molecule has 4 aromatic carbocycles. The summed E-state index contributed by atoms with van der Waals surface area (Å²) in [5.41, 5.74) is 7.02. The molecule has 1 aromatic heterocycles. The Morgan fingerprint density at radius 3 is 1.67 bits per heavy atom. The van der Waals surface area contributed by atoms with E-state index in [4.69, 9.17) is 16.4 Å². The minimum atomic E-state index is -4.55. The van der Waals surface area contributed by atoms with Crippen molar-refractivity contribution < 1.29 is 38.0 Å². The molecular weight excluding hydrogens is 938 g/mol. The van der Waals surface area contributed by atoms with Gasteiger partial charge in [-0.3, -0.25) is 0 Å². The van der Waals surface area contributed by atoms with Crippen LogP contribution < -0.4 is 16.4 Å². The summed E-state index contributed by atoms with van der Waals surface area (Å²) in [6, 6.07) is 27.1. The van der Waals surface area contributed by atoms with Gasteiger partial charge in [0.05, 0.1) is 5.56 Å². The van der Waals surface area contributed by atoms with Crippen LogP contribution in [-0.2, 0) is 26.3 Å². The molecule has 11 heteroatoms. The summed E-state index contributed by atoms with van der Waals surface area (Å²) < 4.78 is 46.0. The van der Waals surface area contributed by atoms with E-state index in [9.17, 15) is 13.2 Å². The largest absolute Gasteiger partial charge is 3.00 e. The number of benzene rings is 4. The van der Waals surface area contributed by atoms with Crippen LogP contribution in [-0.4, -0.2) is 21.6 Å². The zero-order valence-electron chi connectivity index (χ0n) is 34.1. The first-order valence-corrected chi connectivity index (χ1v) is 18.1. The number of nitrogens with two attached hydrogens (primary N) is 2. The van der Waals surface area contributed by atoms with Gasteiger partial charge in [0.25, 0.3) is 0 Å². The molecule has 0 amide bonds. The van der Waals surface area contributed by atoms with E-state index >= 15 is 0 Å². The van der Waals surface area contributed by atoms with Gasteiger partial charge in [-0.1, -0.05) is 114 Å². The smallest absolute Gasteiger partial charge is 0.436 e. The van der Waals surface area contributed by atoms with Gasteiger partial charge in [-0.15, -0.1) is 41.0 Å². The monoisotopic (exact) mass is 986 g/mol. The summed E-state index contributed by atoms with van der Waals surface area (Å²) in [7, 11) is 0. The Morgan fingerprint density at radius 1 is 0.733 bits per heavy atom. The van der Waals surface area contributed by atoms with E-state index in [1.807, 2.05) is 107 Å². The van der Waals surface area contributed by atoms with E-state index in [1.54, 1.807) is 18.2 Å². The Bertz CT molecular complexity index is 2450. The second-order valence-electron chi connectivity index (χ2n) is 13.1. The maximum absolute atomic E-state index is 13.4. The summed E-state index contributed by atoms with van der Waals surface area (Å²) in [4.78, 5) is 0. The fourth-order valence-electron chi connectivity index (χ4n) is 5.76. The van der Waals surface area contributed by atoms with Crippen LogP contribution in [0.25, 0.3) is 32.8 Å². The third-order valence-corrected chi connectivity index (χ3v) is 8.30. The van der Waals surface area contributed by atoms with Gasteiger partial charge in [-0.25, -0.2) is 10.2 Å². The van der Waals surface area contributed by atoms with Gasteiger partial charge in [0.1, 0.15) is 5.75 Å². The number of fused-ring (bicyclic) bond motifs is 2. The van der Waals surface area contributed by atoms with Gasteiger partial charge < -0.3 is 16.4 Å². The van der Waals surface area contributed by atoms with Crippen molar-refractivity contribution in [2.45, 2.75) is 33.9 Å². The van der Waals surface area contributed by atoms with Crippen molar-refractivity contribution in [2.24, 2.45) is 21.9 Å². The third-order valence-electron chi connectivity index (χ3n) is 8.30. The number of hydrogen-bond acceptors (Lipinski definition) is 7. The average molecular weight is 986 g/mol. The fraction of sp³-hybridized carbons (Fsp3) is 0.102. The van der Waals surface area contributed by atoms with E-state index in [0.29, 0.717) is 33.6 Å². The van der Waals surface area contributed by atoms with E-state index in [0.717, 1.165) is 50.1 Å². The first-order chi connectivity index (χ1) is 28.1. The molecule has 0 bridgehead atoms. The fourth-order valence-corrected chi connectivity index (χ4v) is 5.76.